The molecule has 1 aliphatic carbocycles. The van der Waals surface area contributed by atoms with Gasteiger partial charge in [-0.15, -0.1) is 0 Å². The summed E-state index contributed by atoms with van der Waals surface area (Å²) in [5.74, 6) is -0.843. The van der Waals surface area contributed by atoms with Gasteiger partial charge in [0, 0.05) is 30.2 Å². The van der Waals surface area contributed by atoms with E-state index in [0.29, 0.717) is 12.6 Å². The average Bonchev–Trinajstić information content (AvgIpc) is 3.03. The normalized spacial score (nSPS) is 28.6. The van der Waals surface area contributed by atoms with Crippen molar-refractivity contribution >= 4 is 0 Å². The number of hydrogen-bond acceptors (Lipinski definition) is 2. The van der Waals surface area contributed by atoms with Crippen LogP contribution >= 0.6 is 0 Å². The molecule has 2 fully saturated rings. The fourth-order valence-electron chi connectivity index (χ4n) is 3.00. The third-order valence-corrected chi connectivity index (χ3v) is 4.43. The predicted molar refractivity (Wildman–Crippen MR) is 69.1 cm³/mol. The molecular weight excluding hydrogens is 248 g/mol. The minimum atomic E-state index is -0.421. The third kappa shape index (κ3) is 2.39. The van der Waals surface area contributed by atoms with Crippen molar-refractivity contribution in [3.63, 3.8) is 0 Å². The molecule has 0 spiro atoms. The van der Waals surface area contributed by atoms with E-state index in [1.54, 1.807) is 0 Å². The van der Waals surface area contributed by atoms with Crippen LogP contribution in [0.15, 0.2) is 18.2 Å². The zero-order valence-electron chi connectivity index (χ0n) is 11.1. The van der Waals surface area contributed by atoms with Crippen molar-refractivity contribution in [2.75, 3.05) is 13.2 Å². The summed E-state index contributed by atoms with van der Waals surface area (Å²) in [5, 5.41) is 3.43. The quantitative estimate of drug-likeness (QED) is 0.905. The molecule has 1 saturated carbocycles. The van der Waals surface area contributed by atoms with E-state index in [9.17, 15) is 8.78 Å². The second-order valence-corrected chi connectivity index (χ2v) is 5.73. The Kier molecular flexibility index (Phi) is 3.31. The van der Waals surface area contributed by atoms with Gasteiger partial charge in [0.05, 0.1) is 6.10 Å². The van der Waals surface area contributed by atoms with Crippen LogP contribution in [0.3, 0.4) is 0 Å². The van der Waals surface area contributed by atoms with Gasteiger partial charge in [0.1, 0.15) is 11.6 Å². The Hall–Kier alpha value is -1.00. The van der Waals surface area contributed by atoms with Crippen LogP contribution in [0.4, 0.5) is 8.78 Å². The number of rotatable bonds is 4. The van der Waals surface area contributed by atoms with Gasteiger partial charge in [0.2, 0.25) is 0 Å². The second kappa shape index (κ2) is 4.84. The SMILES string of the molecule is C[C@@H]1OCC[C@H]1NCC1(c2c(F)cccc2F)CC1. The average molecular weight is 267 g/mol. The highest BCUT2D eigenvalue weighted by Crippen LogP contribution is 2.49. The summed E-state index contributed by atoms with van der Waals surface area (Å²) in [6, 6.07) is 4.41. The Morgan fingerprint density at radius 1 is 1.32 bits per heavy atom. The predicted octanol–water partition coefficient (Wildman–Crippen LogP) is 2.76. The highest BCUT2D eigenvalue weighted by atomic mass is 19.1. The highest BCUT2D eigenvalue weighted by Gasteiger charge is 2.48. The number of hydrogen-bond donors (Lipinski definition) is 1. The van der Waals surface area contributed by atoms with Gasteiger partial charge in [-0.25, -0.2) is 8.78 Å². The van der Waals surface area contributed by atoms with E-state index in [-0.39, 0.29) is 17.1 Å². The van der Waals surface area contributed by atoms with Gasteiger partial charge < -0.3 is 10.1 Å². The Morgan fingerprint density at radius 3 is 2.53 bits per heavy atom. The summed E-state index contributed by atoms with van der Waals surface area (Å²) >= 11 is 0. The van der Waals surface area contributed by atoms with Crippen molar-refractivity contribution in [1.29, 1.82) is 0 Å². The number of nitrogens with one attached hydrogen (secondary N) is 1. The van der Waals surface area contributed by atoms with Gasteiger partial charge in [-0.3, -0.25) is 0 Å². The molecule has 1 N–H and O–H groups in total. The summed E-state index contributed by atoms with van der Waals surface area (Å²) in [5.41, 5.74) is -0.0911. The standard InChI is InChI=1S/C15H19F2NO/c1-10-13(5-8-19-10)18-9-15(6-7-15)14-11(16)3-2-4-12(14)17/h2-4,10,13,18H,5-9H2,1H3/t10-,13+/m0/s1. The summed E-state index contributed by atoms with van der Waals surface area (Å²) in [4.78, 5) is 0. The van der Waals surface area contributed by atoms with E-state index in [1.165, 1.54) is 18.2 Å². The number of benzene rings is 1. The Labute approximate surface area is 112 Å². The lowest BCUT2D eigenvalue weighted by Gasteiger charge is -2.22. The zero-order chi connectivity index (χ0) is 13.5. The molecule has 1 aromatic rings. The Balaban J connectivity index is 1.73. The maximum atomic E-state index is 13.9. The molecule has 2 aliphatic rings. The number of ether oxygens (including phenoxy) is 1. The molecule has 0 amide bonds. The first kappa shape index (κ1) is 13.0. The summed E-state index contributed by atoms with van der Waals surface area (Å²) in [6.07, 6.45) is 2.85. The molecule has 104 valence electrons. The molecule has 0 bridgehead atoms. The lowest BCUT2D eigenvalue weighted by Crippen LogP contribution is -2.40. The molecule has 1 aromatic carbocycles. The molecule has 4 heteroatoms. The molecule has 1 aliphatic heterocycles. The Bertz CT molecular complexity index is 453. The van der Waals surface area contributed by atoms with Crippen LogP contribution in [-0.2, 0) is 10.2 Å². The van der Waals surface area contributed by atoms with Gasteiger partial charge in [0.25, 0.3) is 0 Å². The van der Waals surface area contributed by atoms with Gasteiger partial charge in [-0.2, -0.15) is 0 Å². The fraction of sp³-hybridized carbons (Fsp3) is 0.600. The van der Waals surface area contributed by atoms with Crippen molar-refractivity contribution in [3.8, 4) is 0 Å². The second-order valence-electron chi connectivity index (χ2n) is 5.73. The zero-order valence-corrected chi connectivity index (χ0v) is 11.1. The maximum Gasteiger partial charge on any atom is 0.129 e. The molecule has 0 aromatic heterocycles. The molecule has 3 rings (SSSR count). The largest absolute Gasteiger partial charge is 0.377 e. The van der Waals surface area contributed by atoms with E-state index in [4.69, 9.17) is 4.74 Å². The van der Waals surface area contributed by atoms with Crippen LogP contribution in [0.25, 0.3) is 0 Å². The molecule has 0 unspecified atom stereocenters. The lowest BCUT2D eigenvalue weighted by molar-refractivity contribution is 0.112. The lowest BCUT2D eigenvalue weighted by atomic mass is 9.94. The van der Waals surface area contributed by atoms with Gasteiger partial charge in [-0.05, 0) is 38.3 Å². The summed E-state index contributed by atoms with van der Waals surface area (Å²) in [7, 11) is 0. The first-order valence-corrected chi connectivity index (χ1v) is 6.92. The molecule has 0 radical (unpaired) electrons. The molecule has 1 heterocycles. The fourth-order valence-corrected chi connectivity index (χ4v) is 3.00. The van der Waals surface area contributed by atoms with E-state index in [0.717, 1.165) is 25.9 Å². The smallest absolute Gasteiger partial charge is 0.129 e. The van der Waals surface area contributed by atoms with E-state index in [2.05, 4.69) is 5.32 Å². The number of halogens is 2. The van der Waals surface area contributed by atoms with Crippen molar-refractivity contribution in [3.05, 3.63) is 35.4 Å². The highest BCUT2D eigenvalue weighted by molar-refractivity contribution is 5.34. The molecule has 2 nitrogen and oxygen atoms in total. The Morgan fingerprint density at radius 2 is 2.00 bits per heavy atom. The van der Waals surface area contributed by atoms with E-state index >= 15 is 0 Å². The van der Waals surface area contributed by atoms with Crippen molar-refractivity contribution in [2.24, 2.45) is 0 Å². The first-order valence-electron chi connectivity index (χ1n) is 6.92. The van der Waals surface area contributed by atoms with Crippen molar-refractivity contribution in [2.45, 2.75) is 43.7 Å². The molecule has 19 heavy (non-hydrogen) atoms. The molecule has 1 saturated heterocycles. The molecule has 2 atom stereocenters. The van der Waals surface area contributed by atoms with E-state index in [1.807, 2.05) is 6.92 Å². The third-order valence-electron chi connectivity index (χ3n) is 4.43. The van der Waals surface area contributed by atoms with Crippen molar-refractivity contribution in [1.82, 2.24) is 5.32 Å². The first-order chi connectivity index (χ1) is 9.12. The maximum absolute atomic E-state index is 13.9. The minimum absolute atomic E-state index is 0.182. The van der Waals surface area contributed by atoms with E-state index < -0.39 is 11.6 Å². The minimum Gasteiger partial charge on any atom is -0.377 e. The molecular formula is C15H19F2NO. The van der Waals surface area contributed by atoms with Crippen LogP contribution in [0.5, 0.6) is 0 Å². The monoisotopic (exact) mass is 267 g/mol. The topological polar surface area (TPSA) is 21.3 Å². The summed E-state index contributed by atoms with van der Waals surface area (Å²) in [6.45, 7) is 3.43. The van der Waals surface area contributed by atoms with Crippen LogP contribution < -0.4 is 5.32 Å². The van der Waals surface area contributed by atoms with Gasteiger partial charge in [-0.1, -0.05) is 6.07 Å². The van der Waals surface area contributed by atoms with Gasteiger partial charge >= 0.3 is 0 Å². The van der Waals surface area contributed by atoms with Crippen LogP contribution in [-0.4, -0.2) is 25.3 Å². The van der Waals surface area contributed by atoms with Gasteiger partial charge in [0.15, 0.2) is 0 Å². The van der Waals surface area contributed by atoms with Crippen LogP contribution in [0.2, 0.25) is 0 Å². The van der Waals surface area contributed by atoms with Crippen LogP contribution in [0.1, 0.15) is 31.7 Å². The van der Waals surface area contributed by atoms with Crippen LogP contribution in [0, 0.1) is 11.6 Å². The van der Waals surface area contributed by atoms with Crippen molar-refractivity contribution < 1.29 is 13.5 Å². The summed E-state index contributed by atoms with van der Waals surface area (Å²) < 4.78 is 33.2.